The minimum absolute atomic E-state index is 0.0670. The summed E-state index contributed by atoms with van der Waals surface area (Å²) in [6.45, 7) is 2.94. The Kier molecular flexibility index (Phi) is 7.24. The van der Waals surface area contributed by atoms with Crippen LogP contribution in [0.2, 0.25) is 0 Å². The second-order valence-corrected chi connectivity index (χ2v) is 7.17. The van der Waals surface area contributed by atoms with E-state index < -0.39 is 0 Å². The molecule has 0 radical (unpaired) electrons. The van der Waals surface area contributed by atoms with Crippen molar-refractivity contribution in [3.63, 3.8) is 0 Å². The zero-order valence-electron chi connectivity index (χ0n) is 17.7. The largest absolute Gasteiger partial charge is 0.383 e. The maximum atomic E-state index is 13.3. The fourth-order valence-electron chi connectivity index (χ4n) is 3.54. The van der Waals surface area contributed by atoms with E-state index in [0.29, 0.717) is 26.1 Å². The lowest BCUT2D eigenvalue weighted by Crippen LogP contribution is -2.47. The maximum absolute atomic E-state index is 13.3. The quantitative estimate of drug-likeness (QED) is 0.724. The number of nitrogens with one attached hydrogen (secondary N) is 1. The van der Waals surface area contributed by atoms with Crippen molar-refractivity contribution >= 4 is 17.6 Å². The van der Waals surface area contributed by atoms with Gasteiger partial charge in [-0.1, -0.05) is 30.3 Å². The van der Waals surface area contributed by atoms with Crippen LogP contribution in [0.1, 0.15) is 30.6 Å². The molecule has 0 aliphatic carbocycles. The van der Waals surface area contributed by atoms with Crippen molar-refractivity contribution in [2.24, 2.45) is 12.1 Å². The molecule has 1 aliphatic rings. The molecule has 0 saturated carbocycles. The van der Waals surface area contributed by atoms with E-state index in [2.05, 4.69) is 10.4 Å². The Bertz CT molecular complexity index is 893. The topological polar surface area (TPSA) is 79.2 Å². The van der Waals surface area contributed by atoms with Gasteiger partial charge in [-0.25, -0.2) is 9.80 Å². The molecule has 0 spiro atoms. The first-order valence-electron chi connectivity index (χ1n) is 10.1. The third-order valence-corrected chi connectivity index (χ3v) is 5.10. The number of hydrogen-bond acceptors (Lipinski definition) is 4. The molecular formula is C22H29N5O3. The number of urea groups is 1. The number of methoxy groups -OCH3 is 1. The monoisotopic (exact) mass is 411 g/mol. The van der Waals surface area contributed by atoms with Gasteiger partial charge in [0.15, 0.2) is 0 Å². The van der Waals surface area contributed by atoms with Gasteiger partial charge in [0, 0.05) is 39.9 Å². The summed E-state index contributed by atoms with van der Waals surface area (Å²) in [6.07, 6.45) is 2.58. The predicted molar refractivity (Wildman–Crippen MR) is 115 cm³/mol. The highest BCUT2D eigenvalue weighted by atomic mass is 16.5. The molecule has 3 rings (SSSR count). The number of ether oxygens (including phenoxy) is 1. The Balaban J connectivity index is 1.85. The zero-order chi connectivity index (χ0) is 21.5. The van der Waals surface area contributed by atoms with Crippen LogP contribution in [0.15, 0.2) is 53.8 Å². The summed E-state index contributed by atoms with van der Waals surface area (Å²) in [5.41, 5.74) is 2.85. The number of carbonyl (C=O) groups is 2. The Morgan fingerprint density at radius 2 is 2.00 bits per heavy atom. The van der Waals surface area contributed by atoms with E-state index in [1.807, 2.05) is 67.2 Å². The van der Waals surface area contributed by atoms with Crippen LogP contribution in [-0.4, -0.2) is 65.5 Å². The van der Waals surface area contributed by atoms with Gasteiger partial charge < -0.3 is 19.5 Å². The zero-order valence-corrected chi connectivity index (χ0v) is 17.7. The summed E-state index contributed by atoms with van der Waals surface area (Å²) >= 11 is 0. The molecule has 0 saturated heterocycles. The lowest BCUT2D eigenvalue weighted by Gasteiger charge is -2.27. The van der Waals surface area contributed by atoms with Gasteiger partial charge in [-0.3, -0.25) is 4.79 Å². The molecule has 1 aromatic heterocycles. The van der Waals surface area contributed by atoms with Gasteiger partial charge in [-0.2, -0.15) is 5.10 Å². The van der Waals surface area contributed by atoms with E-state index in [1.165, 1.54) is 9.91 Å². The normalized spacial score (nSPS) is 15.8. The van der Waals surface area contributed by atoms with E-state index in [1.54, 1.807) is 7.11 Å². The standard InChI is InChI=1S/C22H29N5O3/c1-4-23-22(29)26(13-14-30-3)16-21(28)27-20(17-9-6-5-7-10-17)15-18(24-27)19-11-8-12-25(19)2/h5-12,20H,4,13-16H2,1-3H3,(H,23,29)/t20-/m0/s1. The summed E-state index contributed by atoms with van der Waals surface area (Å²) in [5, 5.41) is 8.96. The van der Waals surface area contributed by atoms with Gasteiger partial charge in [0.05, 0.1) is 24.1 Å². The molecule has 8 heteroatoms. The lowest BCUT2D eigenvalue weighted by molar-refractivity contribution is -0.133. The molecular weight excluding hydrogens is 382 g/mol. The van der Waals surface area contributed by atoms with E-state index in [9.17, 15) is 9.59 Å². The van der Waals surface area contributed by atoms with Crippen LogP contribution in [-0.2, 0) is 16.6 Å². The SMILES string of the molecule is CCNC(=O)N(CCOC)CC(=O)N1N=C(c2cccn2C)C[C@H]1c1ccccc1. The molecule has 0 unspecified atom stereocenters. The van der Waals surface area contributed by atoms with Crippen molar-refractivity contribution in [1.29, 1.82) is 0 Å². The smallest absolute Gasteiger partial charge is 0.317 e. The molecule has 1 aliphatic heterocycles. The highest BCUT2D eigenvalue weighted by molar-refractivity contribution is 6.02. The van der Waals surface area contributed by atoms with Crippen LogP contribution < -0.4 is 5.32 Å². The van der Waals surface area contributed by atoms with Crippen molar-refractivity contribution in [3.8, 4) is 0 Å². The number of benzene rings is 1. The van der Waals surface area contributed by atoms with Gasteiger partial charge in [-0.15, -0.1) is 0 Å². The number of rotatable bonds is 8. The molecule has 1 aromatic carbocycles. The maximum Gasteiger partial charge on any atom is 0.317 e. The molecule has 3 amide bonds. The number of aryl methyl sites for hydroxylation is 1. The minimum Gasteiger partial charge on any atom is -0.383 e. The van der Waals surface area contributed by atoms with Gasteiger partial charge >= 0.3 is 6.03 Å². The van der Waals surface area contributed by atoms with Crippen LogP contribution >= 0.6 is 0 Å². The van der Waals surface area contributed by atoms with Crippen molar-refractivity contribution in [2.75, 3.05) is 33.4 Å². The van der Waals surface area contributed by atoms with Gasteiger partial charge in [-0.05, 0) is 24.6 Å². The van der Waals surface area contributed by atoms with E-state index in [-0.39, 0.29) is 24.5 Å². The first-order valence-corrected chi connectivity index (χ1v) is 10.1. The number of nitrogens with zero attached hydrogens (tertiary/aromatic N) is 4. The van der Waals surface area contributed by atoms with Crippen molar-refractivity contribution in [3.05, 3.63) is 59.9 Å². The highest BCUT2D eigenvalue weighted by Crippen LogP contribution is 2.32. The first-order chi connectivity index (χ1) is 14.5. The Morgan fingerprint density at radius 3 is 2.63 bits per heavy atom. The van der Waals surface area contributed by atoms with Crippen LogP contribution in [0.5, 0.6) is 0 Å². The molecule has 2 aromatic rings. The van der Waals surface area contributed by atoms with Crippen LogP contribution in [0.3, 0.4) is 0 Å². The summed E-state index contributed by atoms with van der Waals surface area (Å²) in [5.74, 6) is -0.226. The molecule has 1 atom stereocenters. The number of hydrazone groups is 1. The Labute approximate surface area is 177 Å². The number of hydrogen-bond donors (Lipinski definition) is 1. The van der Waals surface area contributed by atoms with Crippen molar-refractivity contribution in [1.82, 2.24) is 19.8 Å². The minimum atomic E-state index is -0.287. The van der Waals surface area contributed by atoms with Crippen molar-refractivity contribution < 1.29 is 14.3 Å². The number of aromatic nitrogens is 1. The summed E-state index contributed by atoms with van der Waals surface area (Å²) < 4.78 is 7.09. The highest BCUT2D eigenvalue weighted by Gasteiger charge is 2.34. The van der Waals surface area contributed by atoms with Crippen molar-refractivity contribution in [2.45, 2.75) is 19.4 Å². The fraction of sp³-hybridized carbons (Fsp3) is 0.409. The molecule has 0 fully saturated rings. The van der Waals surface area contributed by atoms with Crippen LogP contribution in [0, 0.1) is 0 Å². The molecule has 8 nitrogen and oxygen atoms in total. The number of amides is 3. The first kappa shape index (κ1) is 21.6. The average molecular weight is 412 g/mol. The van der Waals surface area contributed by atoms with Crippen LogP contribution in [0.25, 0.3) is 0 Å². The van der Waals surface area contributed by atoms with E-state index in [4.69, 9.17) is 4.74 Å². The summed E-state index contributed by atoms with van der Waals surface area (Å²) in [6, 6.07) is 13.3. The third-order valence-electron chi connectivity index (χ3n) is 5.10. The summed E-state index contributed by atoms with van der Waals surface area (Å²) in [4.78, 5) is 27.1. The molecule has 30 heavy (non-hydrogen) atoms. The number of carbonyl (C=O) groups excluding carboxylic acids is 2. The molecule has 0 bridgehead atoms. The summed E-state index contributed by atoms with van der Waals surface area (Å²) in [7, 11) is 3.53. The van der Waals surface area contributed by atoms with Crippen LogP contribution in [0.4, 0.5) is 4.79 Å². The molecule has 2 heterocycles. The lowest BCUT2D eigenvalue weighted by atomic mass is 10.0. The molecule has 1 N–H and O–H groups in total. The van der Waals surface area contributed by atoms with Gasteiger partial charge in [0.25, 0.3) is 5.91 Å². The Hall–Kier alpha value is -3.13. The second-order valence-electron chi connectivity index (χ2n) is 7.17. The Morgan fingerprint density at radius 1 is 1.23 bits per heavy atom. The fourth-order valence-corrected chi connectivity index (χ4v) is 3.54. The molecule has 160 valence electrons. The van der Waals surface area contributed by atoms with E-state index in [0.717, 1.165) is 17.0 Å². The van der Waals surface area contributed by atoms with Gasteiger partial charge in [0.2, 0.25) is 0 Å². The van der Waals surface area contributed by atoms with E-state index >= 15 is 0 Å². The predicted octanol–water partition coefficient (Wildman–Crippen LogP) is 2.38. The second kappa shape index (κ2) is 10.1. The van der Waals surface area contributed by atoms with Gasteiger partial charge in [0.1, 0.15) is 6.54 Å². The average Bonchev–Trinajstić information content (AvgIpc) is 3.38. The third kappa shape index (κ3) is 4.88.